The van der Waals surface area contributed by atoms with Crippen molar-refractivity contribution in [1.82, 2.24) is 10.2 Å². The van der Waals surface area contributed by atoms with Gasteiger partial charge in [-0.15, -0.1) is 0 Å². The lowest BCUT2D eigenvalue weighted by atomic mass is 10.2. The maximum Gasteiger partial charge on any atom is 0.234 e. The lowest BCUT2D eigenvalue weighted by Crippen LogP contribution is -2.51. The Morgan fingerprint density at radius 1 is 1.82 bits per heavy atom. The predicted octanol–water partition coefficient (Wildman–Crippen LogP) is -1.20. The average Bonchev–Trinajstić information content (AvgIpc) is 2.03. The largest absolute Gasteiger partial charge is 0.395 e. The molecule has 0 radical (unpaired) electrons. The molecule has 1 heterocycles. The Labute approximate surface area is 66.2 Å². The summed E-state index contributed by atoms with van der Waals surface area (Å²) >= 11 is 0. The Morgan fingerprint density at radius 2 is 2.55 bits per heavy atom. The Hall–Kier alpha value is -0.610. The lowest BCUT2D eigenvalue weighted by Gasteiger charge is -2.30. The minimum absolute atomic E-state index is 0.0524. The first-order chi connectivity index (χ1) is 5.24. The van der Waals surface area contributed by atoms with Crippen molar-refractivity contribution in [2.45, 2.75) is 13.0 Å². The standard InChI is InChI=1S/C7H14N2O2/c1-6(5-10)9-3-2-8-7(11)4-9/h6,10H,2-5H2,1H3,(H,8,11)/t6-/m1/s1. The molecule has 4 nitrogen and oxygen atoms in total. The molecule has 0 unspecified atom stereocenters. The van der Waals surface area contributed by atoms with Crippen LogP contribution in [0.25, 0.3) is 0 Å². The number of nitrogens with zero attached hydrogens (tertiary/aromatic N) is 1. The fourth-order valence-electron chi connectivity index (χ4n) is 1.15. The fourth-order valence-corrected chi connectivity index (χ4v) is 1.15. The minimum atomic E-state index is 0.0524. The van der Waals surface area contributed by atoms with Gasteiger partial charge in [-0.1, -0.05) is 0 Å². The zero-order valence-corrected chi connectivity index (χ0v) is 6.71. The number of aliphatic hydroxyl groups is 1. The highest BCUT2D eigenvalue weighted by molar-refractivity contribution is 5.78. The molecule has 0 aliphatic carbocycles. The van der Waals surface area contributed by atoms with E-state index in [2.05, 4.69) is 5.32 Å². The van der Waals surface area contributed by atoms with Gasteiger partial charge in [0, 0.05) is 19.1 Å². The molecule has 0 aromatic rings. The van der Waals surface area contributed by atoms with Crippen LogP contribution in [0, 0.1) is 0 Å². The summed E-state index contributed by atoms with van der Waals surface area (Å²) in [6, 6.07) is 0.0982. The molecule has 1 amide bonds. The van der Waals surface area contributed by atoms with Crippen LogP contribution in [0.15, 0.2) is 0 Å². The number of nitrogens with one attached hydrogen (secondary N) is 1. The van der Waals surface area contributed by atoms with Crippen LogP contribution in [0.4, 0.5) is 0 Å². The van der Waals surface area contributed by atoms with Crippen LogP contribution in [0.5, 0.6) is 0 Å². The zero-order valence-electron chi connectivity index (χ0n) is 6.71. The molecule has 1 aliphatic heterocycles. The van der Waals surface area contributed by atoms with Crippen molar-refractivity contribution in [2.24, 2.45) is 0 Å². The summed E-state index contributed by atoms with van der Waals surface area (Å²) in [5, 5.41) is 11.5. The molecule has 0 aromatic carbocycles. The number of amides is 1. The third-order valence-electron chi connectivity index (χ3n) is 1.96. The fraction of sp³-hybridized carbons (Fsp3) is 0.857. The third kappa shape index (κ3) is 2.17. The molecule has 0 aromatic heterocycles. The van der Waals surface area contributed by atoms with Gasteiger partial charge in [0.15, 0.2) is 0 Å². The van der Waals surface area contributed by atoms with Crippen molar-refractivity contribution in [3.63, 3.8) is 0 Å². The molecule has 11 heavy (non-hydrogen) atoms. The second-order valence-corrected chi connectivity index (χ2v) is 2.85. The molecule has 1 atom stereocenters. The predicted molar refractivity (Wildman–Crippen MR) is 41.1 cm³/mol. The van der Waals surface area contributed by atoms with Crippen molar-refractivity contribution in [3.8, 4) is 0 Å². The second-order valence-electron chi connectivity index (χ2n) is 2.85. The summed E-state index contributed by atoms with van der Waals surface area (Å²) in [4.78, 5) is 12.8. The van der Waals surface area contributed by atoms with Crippen LogP contribution >= 0.6 is 0 Å². The minimum Gasteiger partial charge on any atom is -0.395 e. The molecule has 0 bridgehead atoms. The highest BCUT2D eigenvalue weighted by Gasteiger charge is 2.19. The van der Waals surface area contributed by atoms with Gasteiger partial charge in [-0.05, 0) is 6.92 Å². The van der Waals surface area contributed by atoms with Crippen LogP contribution in [0.3, 0.4) is 0 Å². The van der Waals surface area contributed by atoms with E-state index >= 15 is 0 Å². The molecule has 0 saturated carbocycles. The Morgan fingerprint density at radius 3 is 3.09 bits per heavy atom. The number of aliphatic hydroxyl groups excluding tert-OH is 1. The van der Waals surface area contributed by atoms with Crippen molar-refractivity contribution < 1.29 is 9.90 Å². The van der Waals surface area contributed by atoms with E-state index in [0.717, 1.165) is 6.54 Å². The molecular weight excluding hydrogens is 144 g/mol. The van der Waals surface area contributed by atoms with Gasteiger partial charge in [0.1, 0.15) is 0 Å². The van der Waals surface area contributed by atoms with E-state index in [1.165, 1.54) is 0 Å². The molecule has 2 N–H and O–H groups in total. The van der Waals surface area contributed by atoms with Crippen molar-refractivity contribution in [1.29, 1.82) is 0 Å². The van der Waals surface area contributed by atoms with Crippen LogP contribution in [-0.4, -0.2) is 48.2 Å². The number of carbonyl (C=O) groups excluding carboxylic acids is 1. The van der Waals surface area contributed by atoms with Gasteiger partial charge in [0.2, 0.25) is 5.91 Å². The Balaban J connectivity index is 2.39. The highest BCUT2D eigenvalue weighted by Crippen LogP contribution is 1.99. The van der Waals surface area contributed by atoms with E-state index in [1.807, 2.05) is 11.8 Å². The smallest absolute Gasteiger partial charge is 0.234 e. The van der Waals surface area contributed by atoms with E-state index in [1.54, 1.807) is 0 Å². The Bertz CT molecular complexity index is 149. The van der Waals surface area contributed by atoms with Crippen LogP contribution in [0.1, 0.15) is 6.92 Å². The van der Waals surface area contributed by atoms with Gasteiger partial charge in [0.05, 0.1) is 13.2 Å². The monoisotopic (exact) mass is 158 g/mol. The second kappa shape index (κ2) is 3.69. The first kappa shape index (κ1) is 8.49. The van der Waals surface area contributed by atoms with E-state index in [9.17, 15) is 4.79 Å². The third-order valence-corrected chi connectivity index (χ3v) is 1.96. The summed E-state index contributed by atoms with van der Waals surface area (Å²) in [6.07, 6.45) is 0. The zero-order chi connectivity index (χ0) is 8.27. The van der Waals surface area contributed by atoms with Gasteiger partial charge in [-0.25, -0.2) is 0 Å². The number of hydrogen-bond acceptors (Lipinski definition) is 3. The summed E-state index contributed by atoms with van der Waals surface area (Å²) in [7, 11) is 0. The summed E-state index contributed by atoms with van der Waals surface area (Å²) < 4.78 is 0. The normalized spacial score (nSPS) is 22.9. The first-order valence-corrected chi connectivity index (χ1v) is 3.85. The van der Waals surface area contributed by atoms with Gasteiger partial charge >= 0.3 is 0 Å². The van der Waals surface area contributed by atoms with Crippen molar-refractivity contribution in [3.05, 3.63) is 0 Å². The Kier molecular flexibility index (Phi) is 2.84. The maximum absolute atomic E-state index is 10.9. The summed E-state index contributed by atoms with van der Waals surface area (Å²) in [6.45, 7) is 3.99. The quantitative estimate of drug-likeness (QED) is 0.530. The van der Waals surface area contributed by atoms with E-state index in [-0.39, 0.29) is 18.6 Å². The number of rotatable bonds is 2. The summed E-state index contributed by atoms with van der Waals surface area (Å²) in [5.41, 5.74) is 0. The number of piperazine rings is 1. The van der Waals surface area contributed by atoms with Gasteiger partial charge < -0.3 is 10.4 Å². The molecular formula is C7H14N2O2. The number of hydrogen-bond donors (Lipinski definition) is 2. The van der Waals surface area contributed by atoms with Gasteiger partial charge in [-0.2, -0.15) is 0 Å². The van der Waals surface area contributed by atoms with Crippen LogP contribution in [-0.2, 0) is 4.79 Å². The molecule has 1 aliphatic rings. The van der Waals surface area contributed by atoms with Crippen molar-refractivity contribution in [2.75, 3.05) is 26.2 Å². The molecule has 1 saturated heterocycles. The van der Waals surface area contributed by atoms with E-state index in [0.29, 0.717) is 13.1 Å². The van der Waals surface area contributed by atoms with Crippen molar-refractivity contribution >= 4 is 5.91 Å². The maximum atomic E-state index is 10.9. The molecule has 1 rings (SSSR count). The van der Waals surface area contributed by atoms with Crippen LogP contribution < -0.4 is 5.32 Å². The van der Waals surface area contributed by atoms with Gasteiger partial charge in [0.25, 0.3) is 0 Å². The molecule has 1 fully saturated rings. The molecule has 0 spiro atoms. The SMILES string of the molecule is C[C@H](CO)N1CCNC(=O)C1. The van der Waals surface area contributed by atoms with Gasteiger partial charge in [-0.3, -0.25) is 9.69 Å². The van der Waals surface area contributed by atoms with E-state index in [4.69, 9.17) is 5.11 Å². The molecule has 64 valence electrons. The van der Waals surface area contributed by atoms with E-state index < -0.39 is 0 Å². The number of carbonyl (C=O) groups is 1. The topological polar surface area (TPSA) is 52.6 Å². The lowest BCUT2D eigenvalue weighted by molar-refractivity contribution is -0.125. The molecule has 4 heteroatoms. The highest BCUT2D eigenvalue weighted by atomic mass is 16.3. The summed E-state index contributed by atoms with van der Waals surface area (Å²) in [5.74, 6) is 0.0524. The van der Waals surface area contributed by atoms with Crippen LogP contribution in [0.2, 0.25) is 0 Å². The first-order valence-electron chi connectivity index (χ1n) is 3.85. The average molecular weight is 158 g/mol.